The minimum atomic E-state index is -0.898. The van der Waals surface area contributed by atoms with Gasteiger partial charge in [-0.25, -0.2) is 4.79 Å². The van der Waals surface area contributed by atoms with Gasteiger partial charge in [-0.2, -0.15) is 0 Å². The zero-order valence-corrected chi connectivity index (χ0v) is 8.79. The molecule has 0 bridgehead atoms. The molecule has 2 N–H and O–H groups in total. The van der Waals surface area contributed by atoms with Crippen LogP contribution >= 0.6 is 0 Å². The van der Waals surface area contributed by atoms with Gasteiger partial charge in [0.25, 0.3) is 0 Å². The number of hydrogen-bond donors (Lipinski definition) is 2. The maximum Gasteiger partial charge on any atom is 0.328 e. The molecule has 1 unspecified atom stereocenters. The molecular formula is C10H19NO2. The Bertz CT molecular complexity index is 192. The molecule has 0 spiro atoms. The Kier molecular flexibility index (Phi) is 4.70. The van der Waals surface area contributed by atoms with E-state index in [1.807, 2.05) is 0 Å². The van der Waals surface area contributed by atoms with Gasteiger partial charge in [-0.05, 0) is 12.3 Å². The highest BCUT2D eigenvalue weighted by molar-refractivity contribution is 5.79. The molecule has 0 aliphatic rings. The molecular weight excluding hydrogens is 166 g/mol. The van der Waals surface area contributed by atoms with Crippen LogP contribution < -0.4 is 5.32 Å². The van der Waals surface area contributed by atoms with Crippen molar-refractivity contribution < 1.29 is 9.90 Å². The summed E-state index contributed by atoms with van der Waals surface area (Å²) in [6.45, 7) is 9.13. The standard InChI is InChI=1S/C10H19NO2/c1-8(10(2,3)4)11-7-5-6-9(12)13/h5-6,8,11H,7H2,1-4H3,(H,12,13)/b6-5+. The van der Waals surface area contributed by atoms with Crippen molar-refractivity contribution in [2.24, 2.45) is 5.41 Å². The van der Waals surface area contributed by atoms with Crippen molar-refractivity contribution in [3.05, 3.63) is 12.2 Å². The van der Waals surface area contributed by atoms with Gasteiger partial charge in [-0.15, -0.1) is 0 Å². The molecule has 0 fully saturated rings. The number of carboxylic acids is 1. The Morgan fingerprint density at radius 1 is 1.54 bits per heavy atom. The first kappa shape index (κ1) is 12.2. The summed E-state index contributed by atoms with van der Waals surface area (Å²) >= 11 is 0. The van der Waals surface area contributed by atoms with Crippen molar-refractivity contribution in [2.45, 2.75) is 33.7 Å². The van der Waals surface area contributed by atoms with E-state index < -0.39 is 5.97 Å². The third-order valence-electron chi connectivity index (χ3n) is 2.10. The van der Waals surface area contributed by atoms with Crippen LogP contribution in [-0.4, -0.2) is 23.7 Å². The van der Waals surface area contributed by atoms with Crippen molar-refractivity contribution in [2.75, 3.05) is 6.54 Å². The maximum atomic E-state index is 10.1. The van der Waals surface area contributed by atoms with E-state index in [-0.39, 0.29) is 5.41 Å². The van der Waals surface area contributed by atoms with E-state index in [1.165, 1.54) is 0 Å². The fourth-order valence-corrected chi connectivity index (χ4v) is 0.711. The van der Waals surface area contributed by atoms with Crippen LogP contribution in [0, 0.1) is 5.41 Å². The second kappa shape index (κ2) is 5.02. The smallest absolute Gasteiger partial charge is 0.328 e. The summed E-state index contributed by atoms with van der Waals surface area (Å²) in [5, 5.41) is 11.6. The Morgan fingerprint density at radius 2 is 2.08 bits per heavy atom. The minimum Gasteiger partial charge on any atom is -0.478 e. The van der Waals surface area contributed by atoms with Crippen molar-refractivity contribution in [3.8, 4) is 0 Å². The number of aliphatic carboxylic acids is 1. The predicted octanol–water partition coefficient (Wildman–Crippen LogP) is 1.65. The molecule has 0 aliphatic heterocycles. The largest absolute Gasteiger partial charge is 0.478 e. The number of nitrogens with one attached hydrogen (secondary N) is 1. The summed E-state index contributed by atoms with van der Waals surface area (Å²) in [7, 11) is 0. The Hall–Kier alpha value is -0.830. The highest BCUT2D eigenvalue weighted by Crippen LogP contribution is 2.17. The topological polar surface area (TPSA) is 49.3 Å². The highest BCUT2D eigenvalue weighted by atomic mass is 16.4. The lowest BCUT2D eigenvalue weighted by Gasteiger charge is -2.27. The molecule has 3 nitrogen and oxygen atoms in total. The molecule has 0 saturated heterocycles. The zero-order valence-electron chi connectivity index (χ0n) is 8.79. The van der Waals surface area contributed by atoms with Crippen molar-refractivity contribution >= 4 is 5.97 Å². The predicted molar refractivity (Wildman–Crippen MR) is 53.7 cm³/mol. The van der Waals surface area contributed by atoms with Gasteiger partial charge in [0.05, 0.1) is 0 Å². The zero-order chi connectivity index (χ0) is 10.5. The molecule has 0 aliphatic carbocycles. The Morgan fingerprint density at radius 3 is 2.46 bits per heavy atom. The molecule has 76 valence electrons. The molecule has 0 aromatic rings. The number of rotatable bonds is 4. The van der Waals surface area contributed by atoms with E-state index in [0.29, 0.717) is 12.6 Å². The van der Waals surface area contributed by atoms with Gasteiger partial charge in [-0.1, -0.05) is 26.8 Å². The van der Waals surface area contributed by atoms with Crippen molar-refractivity contribution in [3.63, 3.8) is 0 Å². The first-order chi connectivity index (χ1) is 5.84. The van der Waals surface area contributed by atoms with Crippen LogP contribution in [0.2, 0.25) is 0 Å². The van der Waals surface area contributed by atoms with Crippen LogP contribution in [0.4, 0.5) is 0 Å². The summed E-state index contributed by atoms with van der Waals surface area (Å²) in [4.78, 5) is 10.1. The Balaban J connectivity index is 3.72. The fourth-order valence-electron chi connectivity index (χ4n) is 0.711. The van der Waals surface area contributed by atoms with Crippen LogP contribution in [0.3, 0.4) is 0 Å². The van der Waals surface area contributed by atoms with E-state index in [0.717, 1.165) is 6.08 Å². The molecule has 3 heteroatoms. The first-order valence-electron chi connectivity index (χ1n) is 4.47. The fraction of sp³-hybridized carbons (Fsp3) is 0.700. The minimum absolute atomic E-state index is 0.205. The monoisotopic (exact) mass is 185 g/mol. The summed E-state index contributed by atoms with van der Waals surface area (Å²) < 4.78 is 0. The quantitative estimate of drug-likeness (QED) is 0.655. The molecule has 0 heterocycles. The lowest BCUT2D eigenvalue weighted by atomic mass is 9.88. The van der Waals surface area contributed by atoms with Gasteiger partial charge < -0.3 is 10.4 Å². The normalized spacial score (nSPS) is 14.8. The maximum absolute atomic E-state index is 10.1. The van der Waals surface area contributed by atoms with E-state index in [1.54, 1.807) is 6.08 Å². The molecule has 0 amide bonds. The molecule has 0 rings (SSSR count). The van der Waals surface area contributed by atoms with Gasteiger partial charge in [-0.3, -0.25) is 0 Å². The van der Waals surface area contributed by atoms with Gasteiger partial charge in [0.1, 0.15) is 0 Å². The number of carboxylic acid groups (broad SMARTS) is 1. The Labute approximate surface area is 79.8 Å². The molecule has 1 atom stereocenters. The van der Waals surface area contributed by atoms with Crippen molar-refractivity contribution in [1.82, 2.24) is 5.32 Å². The lowest BCUT2D eigenvalue weighted by Crippen LogP contribution is -2.37. The second-order valence-electron chi connectivity index (χ2n) is 4.24. The third-order valence-corrected chi connectivity index (χ3v) is 2.10. The SMILES string of the molecule is CC(NC/C=C/C(=O)O)C(C)(C)C. The summed E-state index contributed by atoms with van der Waals surface area (Å²) in [5.74, 6) is -0.898. The third kappa shape index (κ3) is 6.34. The molecule has 13 heavy (non-hydrogen) atoms. The highest BCUT2D eigenvalue weighted by Gasteiger charge is 2.18. The van der Waals surface area contributed by atoms with Gasteiger partial charge in [0.15, 0.2) is 0 Å². The van der Waals surface area contributed by atoms with E-state index >= 15 is 0 Å². The summed E-state index contributed by atoms with van der Waals surface area (Å²) in [5.41, 5.74) is 0.205. The van der Waals surface area contributed by atoms with Crippen molar-refractivity contribution in [1.29, 1.82) is 0 Å². The first-order valence-corrected chi connectivity index (χ1v) is 4.47. The second-order valence-corrected chi connectivity index (χ2v) is 4.24. The van der Waals surface area contributed by atoms with Crippen LogP contribution in [0.5, 0.6) is 0 Å². The van der Waals surface area contributed by atoms with Crippen LogP contribution in [0.25, 0.3) is 0 Å². The van der Waals surface area contributed by atoms with Crippen LogP contribution in [0.1, 0.15) is 27.7 Å². The summed E-state index contributed by atoms with van der Waals surface area (Å²) in [6.07, 6.45) is 2.77. The molecule has 0 saturated carbocycles. The number of carbonyl (C=O) groups is 1. The van der Waals surface area contributed by atoms with Crippen LogP contribution in [-0.2, 0) is 4.79 Å². The van der Waals surface area contributed by atoms with Crippen LogP contribution in [0.15, 0.2) is 12.2 Å². The molecule has 0 aromatic carbocycles. The van der Waals surface area contributed by atoms with E-state index in [9.17, 15) is 4.79 Å². The van der Waals surface area contributed by atoms with Gasteiger partial charge >= 0.3 is 5.97 Å². The molecule has 0 radical (unpaired) electrons. The van der Waals surface area contributed by atoms with E-state index in [2.05, 4.69) is 33.0 Å². The average molecular weight is 185 g/mol. The summed E-state index contributed by atoms with van der Waals surface area (Å²) in [6, 6.07) is 0.367. The average Bonchev–Trinajstić information content (AvgIpc) is 1.95. The van der Waals surface area contributed by atoms with Gasteiger partial charge in [0, 0.05) is 18.7 Å². The van der Waals surface area contributed by atoms with Gasteiger partial charge in [0.2, 0.25) is 0 Å². The number of hydrogen-bond acceptors (Lipinski definition) is 2. The van der Waals surface area contributed by atoms with E-state index in [4.69, 9.17) is 5.11 Å². The lowest BCUT2D eigenvalue weighted by molar-refractivity contribution is -0.131. The molecule has 0 aromatic heterocycles.